The highest BCUT2D eigenvalue weighted by atomic mass is 32.2. The Balaban J connectivity index is 2.05. The maximum absolute atomic E-state index is 12.4. The van der Waals surface area contributed by atoms with Crippen LogP contribution in [0.5, 0.6) is 0 Å². The molecule has 1 N–H and O–H groups in total. The van der Waals surface area contributed by atoms with Crippen molar-refractivity contribution in [2.45, 2.75) is 19.5 Å². The van der Waals surface area contributed by atoms with Gasteiger partial charge in [0, 0.05) is 19.3 Å². The van der Waals surface area contributed by atoms with Crippen LogP contribution >= 0.6 is 11.8 Å². The number of carboxylic acid groups (broad SMARTS) is 1. The number of hydrogen-bond donors (Lipinski definition) is 1. The van der Waals surface area contributed by atoms with Gasteiger partial charge in [0.05, 0.1) is 5.88 Å². The van der Waals surface area contributed by atoms with Gasteiger partial charge in [-0.25, -0.2) is 9.59 Å². The van der Waals surface area contributed by atoms with Crippen molar-refractivity contribution in [2.75, 3.05) is 18.7 Å². The standard InChI is InChI=1S/C14H18N2O3S/c1-10-5-3-4-6-11(10)7-15(2)14(19)16-9-20-8-12(16)13(17)18/h3-6,12H,7-9H2,1-2H3,(H,17,18)/t12-/m0/s1. The molecule has 1 fully saturated rings. The summed E-state index contributed by atoms with van der Waals surface area (Å²) in [5.74, 6) is -0.0413. The molecule has 1 atom stereocenters. The van der Waals surface area contributed by atoms with Crippen LogP contribution in [-0.4, -0.2) is 51.6 Å². The number of nitrogens with zero attached hydrogens (tertiary/aromatic N) is 2. The monoisotopic (exact) mass is 294 g/mol. The van der Waals surface area contributed by atoms with Gasteiger partial charge in [0.15, 0.2) is 0 Å². The zero-order valence-corrected chi connectivity index (χ0v) is 12.4. The molecule has 1 aliphatic heterocycles. The highest BCUT2D eigenvalue weighted by Crippen LogP contribution is 2.23. The second-order valence-corrected chi connectivity index (χ2v) is 5.89. The van der Waals surface area contributed by atoms with E-state index in [1.807, 2.05) is 31.2 Å². The van der Waals surface area contributed by atoms with E-state index in [1.165, 1.54) is 16.7 Å². The highest BCUT2D eigenvalue weighted by molar-refractivity contribution is 7.99. The minimum absolute atomic E-state index is 0.231. The van der Waals surface area contributed by atoms with Gasteiger partial charge in [-0.05, 0) is 18.1 Å². The zero-order chi connectivity index (χ0) is 14.7. The van der Waals surface area contributed by atoms with Crippen molar-refractivity contribution >= 4 is 23.8 Å². The average molecular weight is 294 g/mol. The predicted octanol–water partition coefficient (Wildman–Crippen LogP) is 2.01. The summed E-state index contributed by atoms with van der Waals surface area (Å²) in [6.07, 6.45) is 0. The van der Waals surface area contributed by atoms with Crippen molar-refractivity contribution in [3.8, 4) is 0 Å². The third kappa shape index (κ3) is 3.07. The predicted molar refractivity (Wildman–Crippen MR) is 78.6 cm³/mol. The fourth-order valence-electron chi connectivity index (χ4n) is 2.17. The lowest BCUT2D eigenvalue weighted by Crippen LogP contribution is -2.47. The molecule has 0 aromatic heterocycles. The largest absolute Gasteiger partial charge is 0.480 e. The van der Waals surface area contributed by atoms with E-state index in [0.29, 0.717) is 18.2 Å². The van der Waals surface area contributed by atoms with Gasteiger partial charge < -0.3 is 14.9 Å². The summed E-state index contributed by atoms with van der Waals surface area (Å²) in [4.78, 5) is 26.5. The molecule has 6 heteroatoms. The number of carboxylic acids is 1. The zero-order valence-electron chi connectivity index (χ0n) is 11.6. The Morgan fingerprint density at radius 2 is 2.15 bits per heavy atom. The van der Waals surface area contributed by atoms with E-state index < -0.39 is 12.0 Å². The summed E-state index contributed by atoms with van der Waals surface area (Å²) in [7, 11) is 1.71. The summed E-state index contributed by atoms with van der Waals surface area (Å²) in [6, 6.07) is 6.92. The van der Waals surface area contributed by atoms with Crippen molar-refractivity contribution in [3.63, 3.8) is 0 Å². The Morgan fingerprint density at radius 1 is 1.45 bits per heavy atom. The van der Waals surface area contributed by atoms with Gasteiger partial charge in [-0.15, -0.1) is 11.8 Å². The minimum Gasteiger partial charge on any atom is -0.480 e. The SMILES string of the molecule is Cc1ccccc1CN(C)C(=O)N1CSC[C@H]1C(=O)O. The summed E-state index contributed by atoms with van der Waals surface area (Å²) >= 11 is 1.47. The smallest absolute Gasteiger partial charge is 0.327 e. The van der Waals surface area contributed by atoms with Gasteiger partial charge >= 0.3 is 12.0 Å². The number of urea groups is 1. The normalized spacial score (nSPS) is 18.1. The fraction of sp³-hybridized carbons (Fsp3) is 0.429. The van der Waals surface area contributed by atoms with E-state index in [4.69, 9.17) is 5.11 Å². The number of aryl methyl sites for hydroxylation is 1. The molecule has 1 aromatic carbocycles. The molecular weight excluding hydrogens is 276 g/mol. The lowest BCUT2D eigenvalue weighted by molar-refractivity contribution is -0.140. The summed E-state index contributed by atoms with van der Waals surface area (Å²) in [5.41, 5.74) is 2.19. The van der Waals surface area contributed by atoms with Crippen LogP contribution in [0.4, 0.5) is 4.79 Å². The van der Waals surface area contributed by atoms with Crippen molar-refractivity contribution in [2.24, 2.45) is 0 Å². The number of benzene rings is 1. The molecule has 20 heavy (non-hydrogen) atoms. The lowest BCUT2D eigenvalue weighted by Gasteiger charge is -2.27. The van der Waals surface area contributed by atoms with Crippen molar-refractivity contribution < 1.29 is 14.7 Å². The Kier molecular flexibility index (Phi) is 4.54. The highest BCUT2D eigenvalue weighted by Gasteiger charge is 2.35. The first-order valence-electron chi connectivity index (χ1n) is 6.37. The molecule has 2 rings (SSSR count). The molecular formula is C14H18N2O3S. The molecule has 5 nitrogen and oxygen atoms in total. The van der Waals surface area contributed by atoms with Gasteiger partial charge in [-0.2, -0.15) is 0 Å². The first kappa shape index (κ1) is 14.7. The van der Waals surface area contributed by atoms with Crippen molar-refractivity contribution in [1.29, 1.82) is 0 Å². The summed E-state index contributed by atoms with van der Waals surface area (Å²) in [6.45, 7) is 2.48. The maximum atomic E-state index is 12.4. The van der Waals surface area contributed by atoms with E-state index in [0.717, 1.165) is 11.1 Å². The van der Waals surface area contributed by atoms with Gasteiger partial charge in [0.1, 0.15) is 6.04 Å². The van der Waals surface area contributed by atoms with Crippen LogP contribution in [0.3, 0.4) is 0 Å². The van der Waals surface area contributed by atoms with Crippen molar-refractivity contribution in [1.82, 2.24) is 9.80 Å². The van der Waals surface area contributed by atoms with Crippen LogP contribution in [0.1, 0.15) is 11.1 Å². The number of hydrogen-bond acceptors (Lipinski definition) is 3. The quantitative estimate of drug-likeness (QED) is 0.926. The molecule has 0 radical (unpaired) electrons. The third-order valence-electron chi connectivity index (χ3n) is 3.41. The number of amides is 2. The molecule has 0 spiro atoms. The molecule has 2 amide bonds. The maximum Gasteiger partial charge on any atom is 0.327 e. The van der Waals surface area contributed by atoms with Crippen LogP contribution in [0.25, 0.3) is 0 Å². The van der Waals surface area contributed by atoms with E-state index in [-0.39, 0.29) is 6.03 Å². The van der Waals surface area contributed by atoms with E-state index in [2.05, 4.69) is 0 Å². The van der Waals surface area contributed by atoms with Crippen LogP contribution in [-0.2, 0) is 11.3 Å². The van der Waals surface area contributed by atoms with E-state index >= 15 is 0 Å². The Morgan fingerprint density at radius 3 is 2.80 bits per heavy atom. The summed E-state index contributed by atoms with van der Waals surface area (Å²) < 4.78 is 0. The van der Waals surface area contributed by atoms with Crippen LogP contribution in [0.15, 0.2) is 24.3 Å². The molecule has 0 aliphatic carbocycles. The topological polar surface area (TPSA) is 60.9 Å². The Hall–Kier alpha value is -1.69. The molecule has 0 saturated carbocycles. The third-order valence-corrected chi connectivity index (χ3v) is 4.42. The number of aliphatic carboxylic acids is 1. The number of carbonyl (C=O) groups excluding carboxylic acids is 1. The van der Waals surface area contributed by atoms with E-state index in [9.17, 15) is 9.59 Å². The first-order valence-corrected chi connectivity index (χ1v) is 7.53. The van der Waals surface area contributed by atoms with Gasteiger partial charge in [-0.3, -0.25) is 0 Å². The molecule has 1 aliphatic rings. The molecule has 0 unspecified atom stereocenters. The first-order chi connectivity index (χ1) is 9.50. The fourth-order valence-corrected chi connectivity index (χ4v) is 3.30. The van der Waals surface area contributed by atoms with Crippen LogP contribution < -0.4 is 0 Å². The molecule has 1 saturated heterocycles. The van der Waals surface area contributed by atoms with Gasteiger partial charge in [0.2, 0.25) is 0 Å². The van der Waals surface area contributed by atoms with E-state index in [1.54, 1.807) is 11.9 Å². The molecule has 1 heterocycles. The number of thioether (sulfide) groups is 1. The molecule has 108 valence electrons. The van der Waals surface area contributed by atoms with Gasteiger partial charge in [-0.1, -0.05) is 24.3 Å². The minimum atomic E-state index is -0.937. The Labute approximate surface area is 122 Å². The van der Waals surface area contributed by atoms with Crippen molar-refractivity contribution in [3.05, 3.63) is 35.4 Å². The molecule has 0 bridgehead atoms. The van der Waals surface area contributed by atoms with Crippen LogP contribution in [0.2, 0.25) is 0 Å². The number of carbonyl (C=O) groups is 2. The summed E-state index contributed by atoms with van der Waals surface area (Å²) in [5, 5.41) is 9.12. The number of rotatable bonds is 3. The lowest BCUT2D eigenvalue weighted by atomic mass is 10.1. The van der Waals surface area contributed by atoms with Crippen LogP contribution in [0, 0.1) is 6.92 Å². The second-order valence-electron chi connectivity index (χ2n) is 4.89. The average Bonchev–Trinajstić information content (AvgIpc) is 2.89. The second kappa shape index (κ2) is 6.17. The Bertz CT molecular complexity index is 521. The molecule has 1 aromatic rings. The van der Waals surface area contributed by atoms with Gasteiger partial charge in [0.25, 0.3) is 0 Å².